The monoisotopic (exact) mass is 429 g/mol. The fraction of sp³-hybridized carbons (Fsp3) is 0.167. The fourth-order valence-corrected chi connectivity index (χ4v) is 3.87. The number of thioether (sulfide) groups is 1. The standard InChI is InChI=1S/C18H15N5O4S2/c1-10-22-23-18(29-10)21-16(25)12-3-2-6-19-17(12)28-8-15(24)20-11-4-5-13-14(7-11)27-9-26-13/h2-7H,8-9H2,1H3,(H,20,24)(H,21,23,25). The van der Waals surface area contributed by atoms with Gasteiger partial charge in [-0.3, -0.25) is 14.9 Å². The van der Waals surface area contributed by atoms with Crippen LogP contribution in [0.3, 0.4) is 0 Å². The van der Waals surface area contributed by atoms with Gasteiger partial charge in [0, 0.05) is 18.0 Å². The van der Waals surface area contributed by atoms with Gasteiger partial charge in [0.1, 0.15) is 10.0 Å². The smallest absolute Gasteiger partial charge is 0.260 e. The van der Waals surface area contributed by atoms with E-state index in [1.165, 1.54) is 23.1 Å². The highest BCUT2D eigenvalue weighted by atomic mass is 32.2. The number of benzene rings is 1. The number of carbonyl (C=O) groups is 2. The molecule has 29 heavy (non-hydrogen) atoms. The average Bonchev–Trinajstić information content (AvgIpc) is 3.34. The Morgan fingerprint density at radius 3 is 2.86 bits per heavy atom. The molecule has 1 aromatic carbocycles. The molecule has 2 aromatic heterocycles. The lowest BCUT2D eigenvalue weighted by Gasteiger charge is -2.08. The topological polar surface area (TPSA) is 115 Å². The Balaban J connectivity index is 1.38. The Kier molecular flexibility index (Phi) is 5.58. The number of aryl methyl sites for hydroxylation is 1. The maximum atomic E-state index is 12.5. The number of aromatic nitrogens is 3. The zero-order chi connectivity index (χ0) is 20.2. The molecule has 0 aliphatic carbocycles. The highest BCUT2D eigenvalue weighted by molar-refractivity contribution is 8.00. The normalized spacial score (nSPS) is 11.9. The van der Waals surface area contributed by atoms with Gasteiger partial charge in [0.05, 0.1) is 11.3 Å². The van der Waals surface area contributed by atoms with Crippen molar-refractivity contribution in [3.63, 3.8) is 0 Å². The number of carbonyl (C=O) groups excluding carboxylic acids is 2. The summed E-state index contributed by atoms with van der Waals surface area (Å²) in [6.07, 6.45) is 1.57. The molecule has 0 atom stereocenters. The van der Waals surface area contributed by atoms with Crippen molar-refractivity contribution in [3.8, 4) is 11.5 Å². The van der Waals surface area contributed by atoms with Gasteiger partial charge in [-0.2, -0.15) is 0 Å². The van der Waals surface area contributed by atoms with Crippen LogP contribution in [0.25, 0.3) is 0 Å². The SMILES string of the molecule is Cc1nnc(NC(=O)c2cccnc2SCC(=O)Nc2ccc3c(c2)OCO3)s1. The third-order valence-corrected chi connectivity index (χ3v) is 5.52. The average molecular weight is 429 g/mol. The molecule has 0 spiro atoms. The van der Waals surface area contributed by atoms with Crippen LogP contribution >= 0.6 is 23.1 Å². The molecule has 0 saturated heterocycles. The van der Waals surface area contributed by atoms with Crippen LogP contribution in [-0.4, -0.2) is 39.5 Å². The Labute approximate surface area is 173 Å². The summed E-state index contributed by atoms with van der Waals surface area (Å²) in [5.74, 6) is 0.737. The van der Waals surface area contributed by atoms with E-state index >= 15 is 0 Å². The summed E-state index contributed by atoms with van der Waals surface area (Å²) in [5, 5.41) is 14.9. The maximum absolute atomic E-state index is 12.5. The van der Waals surface area contributed by atoms with Gasteiger partial charge < -0.3 is 14.8 Å². The zero-order valence-corrected chi connectivity index (χ0v) is 16.8. The van der Waals surface area contributed by atoms with Gasteiger partial charge in [-0.25, -0.2) is 4.98 Å². The molecule has 0 unspecified atom stereocenters. The van der Waals surface area contributed by atoms with Crippen molar-refractivity contribution in [2.45, 2.75) is 11.9 Å². The maximum Gasteiger partial charge on any atom is 0.260 e. The molecule has 3 aromatic rings. The minimum atomic E-state index is -0.354. The number of hydrogen-bond donors (Lipinski definition) is 2. The van der Waals surface area contributed by atoms with Crippen molar-refractivity contribution in [2.75, 3.05) is 23.2 Å². The summed E-state index contributed by atoms with van der Waals surface area (Å²) < 4.78 is 10.6. The summed E-state index contributed by atoms with van der Waals surface area (Å²) in [4.78, 5) is 29.1. The highest BCUT2D eigenvalue weighted by Crippen LogP contribution is 2.34. The van der Waals surface area contributed by atoms with Crippen molar-refractivity contribution in [2.24, 2.45) is 0 Å². The number of ether oxygens (including phenoxy) is 2. The second-order valence-electron chi connectivity index (χ2n) is 5.84. The number of fused-ring (bicyclic) bond motifs is 1. The van der Waals surface area contributed by atoms with Gasteiger partial charge >= 0.3 is 0 Å². The molecule has 11 heteroatoms. The van der Waals surface area contributed by atoms with Gasteiger partial charge in [0.25, 0.3) is 5.91 Å². The number of nitrogens with one attached hydrogen (secondary N) is 2. The van der Waals surface area contributed by atoms with Crippen LogP contribution in [-0.2, 0) is 4.79 Å². The third kappa shape index (κ3) is 4.63. The highest BCUT2D eigenvalue weighted by Gasteiger charge is 2.17. The van der Waals surface area contributed by atoms with E-state index in [0.29, 0.717) is 32.9 Å². The first-order valence-electron chi connectivity index (χ1n) is 8.47. The number of pyridine rings is 1. The van der Waals surface area contributed by atoms with Crippen LogP contribution in [0.1, 0.15) is 15.4 Å². The number of nitrogens with zero attached hydrogens (tertiary/aromatic N) is 3. The Hall–Kier alpha value is -3.18. The van der Waals surface area contributed by atoms with Gasteiger partial charge in [0.15, 0.2) is 11.5 Å². The molecule has 0 bridgehead atoms. The second kappa shape index (κ2) is 8.45. The lowest BCUT2D eigenvalue weighted by atomic mass is 10.3. The van der Waals surface area contributed by atoms with Gasteiger partial charge in [-0.15, -0.1) is 10.2 Å². The first-order valence-corrected chi connectivity index (χ1v) is 10.3. The van der Waals surface area contributed by atoms with Crippen molar-refractivity contribution in [1.29, 1.82) is 0 Å². The van der Waals surface area contributed by atoms with Crippen molar-refractivity contribution >= 4 is 45.7 Å². The van der Waals surface area contributed by atoms with Crippen molar-refractivity contribution in [3.05, 3.63) is 47.1 Å². The summed E-state index contributed by atoms with van der Waals surface area (Å²) in [6.45, 7) is 1.97. The van der Waals surface area contributed by atoms with Gasteiger partial charge in [-0.1, -0.05) is 23.1 Å². The largest absolute Gasteiger partial charge is 0.454 e. The number of amides is 2. The molecule has 9 nitrogen and oxygen atoms in total. The van der Waals surface area contributed by atoms with E-state index in [4.69, 9.17) is 9.47 Å². The molecule has 0 fully saturated rings. The predicted molar refractivity (Wildman–Crippen MR) is 109 cm³/mol. The van der Waals surface area contributed by atoms with E-state index in [1.54, 1.807) is 43.5 Å². The van der Waals surface area contributed by atoms with Crippen LogP contribution in [0, 0.1) is 6.92 Å². The summed E-state index contributed by atoms with van der Waals surface area (Å²) in [6, 6.07) is 8.49. The molecule has 0 saturated carbocycles. The fourth-order valence-electron chi connectivity index (χ4n) is 2.50. The van der Waals surface area contributed by atoms with E-state index in [9.17, 15) is 9.59 Å². The van der Waals surface area contributed by atoms with E-state index < -0.39 is 0 Å². The van der Waals surface area contributed by atoms with Gasteiger partial charge in [-0.05, 0) is 31.2 Å². The molecule has 2 N–H and O–H groups in total. The van der Waals surface area contributed by atoms with Crippen LogP contribution < -0.4 is 20.1 Å². The summed E-state index contributed by atoms with van der Waals surface area (Å²) >= 11 is 2.45. The van der Waals surface area contributed by atoms with Gasteiger partial charge in [0.2, 0.25) is 17.8 Å². The lowest BCUT2D eigenvalue weighted by molar-refractivity contribution is -0.113. The molecule has 148 valence electrons. The molecule has 0 radical (unpaired) electrons. The number of hydrogen-bond acceptors (Lipinski definition) is 9. The summed E-state index contributed by atoms with van der Waals surface area (Å²) in [7, 11) is 0. The number of anilines is 2. The van der Waals surface area contributed by atoms with Crippen LogP contribution in [0.5, 0.6) is 11.5 Å². The van der Waals surface area contributed by atoms with Crippen LogP contribution in [0.2, 0.25) is 0 Å². The van der Waals surface area contributed by atoms with Crippen LogP contribution in [0.4, 0.5) is 10.8 Å². The second-order valence-corrected chi connectivity index (χ2v) is 7.99. The van der Waals surface area contributed by atoms with E-state index in [-0.39, 0.29) is 24.4 Å². The lowest BCUT2D eigenvalue weighted by Crippen LogP contribution is -2.16. The van der Waals surface area contributed by atoms with E-state index in [0.717, 1.165) is 5.01 Å². The molecular formula is C18H15N5O4S2. The molecular weight excluding hydrogens is 414 g/mol. The van der Waals surface area contributed by atoms with E-state index in [2.05, 4.69) is 25.8 Å². The Morgan fingerprint density at radius 2 is 2.03 bits per heavy atom. The van der Waals surface area contributed by atoms with Crippen molar-refractivity contribution < 1.29 is 19.1 Å². The Morgan fingerprint density at radius 1 is 1.17 bits per heavy atom. The van der Waals surface area contributed by atoms with Crippen molar-refractivity contribution in [1.82, 2.24) is 15.2 Å². The molecule has 3 heterocycles. The minimum absolute atomic E-state index is 0.0870. The quantitative estimate of drug-likeness (QED) is 0.575. The van der Waals surface area contributed by atoms with E-state index in [1.807, 2.05) is 0 Å². The zero-order valence-electron chi connectivity index (χ0n) is 15.2. The minimum Gasteiger partial charge on any atom is -0.454 e. The first-order chi connectivity index (χ1) is 14.1. The van der Waals surface area contributed by atoms with Crippen LogP contribution in [0.15, 0.2) is 41.6 Å². The molecule has 4 rings (SSSR count). The molecule has 1 aliphatic heterocycles. The first kappa shape index (κ1) is 19.2. The molecule has 2 amide bonds. The molecule has 1 aliphatic rings. The predicted octanol–water partition coefficient (Wildman–Crippen LogP) is 2.95. The number of rotatable bonds is 6. The third-order valence-electron chi connectivity index (χ3n) is 3.76. The Bertz CT molecular complexity index is 1070. The summed E-state index contributed by atoms with van der Waals surface area (Å²) in [5.41, 5.74) is 0.965.